The third-order valence-corrected chi connectivity index (χ3v) is 3.35. The third-order valence-electron chi connectivity index (χ3n) is 3.35. The van der Waals surface area contributed by atoms with E-state index in [4.69, 9.17) is 4.74 Å². The molecular weight excluding hydrogens is 206 g/mol. The maximum Gasteiger partial charge on any atom is 0.225 e. The summed E-state index contributed by atoms with van der Waals surface area (Å²) in [5, 5.41) is 9.19. The Morgan fingerprint density at radius 2 is 2.19 bits per heavy atom. The first kappa shape index (κ1) is 13.5. The Morgan fingerprint density at radius 3 is 2.69 bits per heavy atom. The fourth-order valence-electron chi connectivity index (χ4n) is 1.74. The molecule has 1 heterocycles. The number of nitrogens with zero attached hydrogens (tertiary/aromatic N) is 1. The van der Waals surface area contributed by atoms with E-state index in [-0.39, 0.29) is 18.6 Å². The number of likely N-dealkylation sites (N-methyl/N-ethyl adjacent to an activating group) is 1. The molecule has 0 aliphatic carbocycles. The van der Waals surface area contributed by atoms with E-state index in [1.165, 1.54) is 0 Å². The molecule has 1 aliphatic heterocycles. The van der Waals surface area contributed by atoms with Crippen LogP contribution in [0.2, 0.25) is 0 Å². The molecule has 0 aromatic rings. The monoisotopic (exact) mass is 229 g/mol. The molecule has 4 nitrogen and oxygen atoms in total. The quantitative estimate of drug-likeness (QED) is 0.787. The minimum atomic E-state index is -0.494. The molecule has 1 atom stereocenters. The summed E-state index contributed by atoms with van der Waals surface area (Å²) in [5.41, 5.74) is -0.494. The van der Waals surface area contributed by atoms with Crippen LogP contribution in [-0.2, 0) is 9.53 Å². The van der Waals surface area contributed by atoms with Crippen LogP contribution in [0.1, 0.15) is 39.5 Å². The second-order valence-electron chi connectivity index (χ2n) is 5.12. The van der Waals surface area contributed by atoms with Gasteiger partial charge in [0.05, 0.1) is 24.7 Å². The maximum atomic E-state index is 12.0. The van der Waals surface area contributed by atoms with Crippen LogP contribution in [0, 0.1) is 0 Å². The number of hydrogen-bond acceptors (Lipinski definition) is 3. The van der Waals surface area contributed by atoms with Crippen LogP contribution >= 0.6 is 0 Å². The van der Waals surface area contributed by atoms with Crippen molar-refractivity contribution in [1.29, 1.82) is 0 Å². The number of rotatable bonds is 4. The molecule has 1 rings (SSSR count). The second-order valence-corrected chi connectivity index (χ2v) is 5.12. The van der Waals surface area contributed by atoms with Crippen molar-refractivity contribution in [2.24, 2.45) is 0 Å². The van der Waals surface area contributed by atoms with Gasteiger partial charge in [0.2, 0.25) is 5.91 Å². The molecule has 16 heavy (non-hydrogen) atoms. The first-order valence-corrected chi connectivity index (χ1v) is 5.96. The van der Waals surface area contributed by atoms with Crippen molar-refractivity contribution in [3.8, 4) is 0 Å². The molecule has 1 aliphatic rings. The van der Waals surface area contributed by atoms with Gasteiger partial charge >= 0.3 is 0 Å². The van der Waals surface area contributed by atoms with Crippen molar-refractivity contribution in [3.63, 3.8) is 0 Å². The molecule has 0 spiro atoms. The van der Waals surface area contributed by atoms with Crippen LogP contribution in [0.15, 0.2) is 0 Å². The highest BCUT2D eigenvalue weighted by Gasteiger charge is 2.28. The van der Waals surface area contributed by atoms with E-state index in [0.29, 0.717) is 6.42 Å². The topological polar surface area (TPSA) is 49.8 Å². The predicted octanol–water partition coefficient (Wildman–Crippen LogP) is 1.17. The molecule has 94 valence electrons. The van der Waals surface area contributed by atoms with Crippen LogP contribution in [0.3, 0.4) is 0 Å². The first-order chi connectivity index (χ1) is 7.47. The summed E-state index contributed by atoms with van der Waals surface area (Å²) in [6.45, 7) is 4.45. The number of ether oxygens (including phenoxy) is 1. The van der Waals surface area contributed by atoms with Crippen LogP contribution in [0.5, 0.6) is 0 Å². The number of carbonyl (C=O) groups excluding carboxylic acids is 1. The highest BCUT2D eigenvalue weighted by Crippen LogP contribution is 2.19. The van der Waals surface area contributed by atoms with Crippen molar-refractivity contribution in [1.82, 2.24) is 4.90 Å². The zero-order chi connectivity index (χ0) is 12.2. The molecule has 0 saturated carbocycles. The van der Waals surface area contributed by atoms with Crippen molar-refractivity contribution >= 4 is 5.91 Å². The van der Waals surface area contributed by atoms with Gasteiger partial charge < -0.3 is 14.7 Å². The van der Waals surface area contributed by atoms with E-state index in [1.807, 2.05) is 13.8 Å². The third kappa shape index (κ3) is 3.46. The van der Waals surface area contributed by atoms with Gasteiger partial charge in [-0.2, -0.15) is 0 Å². The van der Waals surface area contributed by atoms with Gasteiger partial charge in [-0.3, -0.25) is 4.79 Å². The molecule has 0 aromatic heterocycles. The lowest BCUT2D eigenvalue weighted by Gasteiger charge is -2.35. The van der Waals surface area contributed by atoms with E-state index >= 15 is 0 Å². The lowest BCUT2D eigenvalue weighted by Crippen LogP contribution is -2.48. The lowest BCUT2D eigenvalue weighted by atomic mass is 10.0. The van der Waals surface area contributed by atoms with Crippen LogP contribution < -0.4 is 0 Å². The van der Waals surface area contributed by atoms with E-state index in [2.05, 4.69) is 0 Å². The van der Waals surface area contributed by atoms with Gasteiger partial charge in [0.25, 0.3) is 0 Å². The summed E-state index contributed by atoms with van der Waals surface area (Å²) in [6, 6.07) is 0. The van der Waals surface area contributed by atoms with Gasteiger partial charge in [-0.1, -0.05) is 0 Å². The Labute approximate surface area is 97.6 Å². The molecule has 1 saturated heterocycles. The van der Waals surface area contributed by atoms with Gasteiger partial charge in [0.1, 0.15) is 0 Å². The van der Waals surface area contributed by atoms with E-state index < -0.39 is 5.54 Å². The summed E-state index contributed by atoms with van der Waals surface area (Å²) in [4.78, 5) is 13.6. The fourth-order valence-corrected chi connectivity index (χ4v) is 1.74. The van der Waals surface area contributed by atoms with Crippen molar-refractivity contribution < 1.29 is 14.6 Å². The van der Waals surface area contributed by atoms with Crippen molar-refractivity contribution in [2.45, 2.75) is 51.2 Å². The van der Waals surface area contributed by atoms with Gasteiger partial charge in [0.15, 0.2) is 0 Å². The average molecular weight is 229 g/mol. The number of aliphatic hydroxyl groups excluding tert-OH is 1. The molecule has 1 unspecified atom stereocenters. The SMILES string of the molecule is CN(C(=O)CC1CCCCO1)C(C)(C)CO. The summed E-state index contributed by atoms with van der Waals surface area (Å²) in [7, 11) is 1.74. The van der Waals surface area contributed by atoms with Gasteiger partial charge in [0, 0.05) is 13.7 Å². The zero-order valence-corrected chi connectivity index (χ0v) is 10.5. The number of carbonyl (C=O) groups is 1. The van der Waals surface area contributed by atoms with Crippen molar-refractivity contribution in [3.05, 3.63) is 0 Å². The Morgan fingerprint density at radius 1 is 1.50 bits per heavy atom. The molecular formula is C12H23NO3. The average Bonchev–Trinajstić information content (AvgIpc) is 2.29. The summed E-state index contributed by atoms with van der Waals surface area (Å²) in [6.07, 6.45) is 3.71. The Bertz CT molecular complexity index is 234. The summed E-state index contributed by atoms with van der Waals surface area (Å²) >= 11 is 0. The molecule has 0 aromatic carbocycles. The minimum Gasteiger partial charge on any atom is -0.394 e. The lowest BCUT2D eigenvalue weighted by molar-refractivity contribution is -0.139. The molecule has 1 fully saturated rings. The minimum absolute atomic E-state index is 0.0270. The second kappa shape index (κ2) is 5.64. The molecule has 4 heteroatoms. The van der Waals surface area contributed by atoms with Gasteiger partial charge in [-0.05, 0) is 33.1 Å². The first-order valence-electron chi connectivity index (χ1n) is 5.96. The van der Waals surface area contributed by atoms with Crippen LogP contribution in [0.25, 0.3) is 0 Å². The molecule has 0 radical (unpaired) electrons. The Hall–Kier alpha value is -0.610. The highest BCUT2D eigenvalue weighted by atomic mass is 16.5. The smallest absolute Gasteiger partial charge is 0.225 e. The maximum absolute atomic E-state index is 12.0. The van der Waals surface area contributed by atoms with E-state index in [9.17, 15) is 9.90 Å². The summed E-state index contributed by atoms with van der Waals surface area (Å²) < 4.78 is 5.54. The largest absolute Gasteiger partial charge is 0.394 e. The Balaban J connectivity index is 2.44. The number of hydrogen-bond donors (Lipinski definition) is 1. The fraction of sp³-hybridized carbons (Fsp3) is 0.917. The van der Waals surface area contributed by atoms with E-state index in [0.717, 1.165) is 25.9 Å². The van der Waals surface area contributed by atoms with Gasteiger partial charge in [-0.25, -0.2) is 0 Å². The normalized spacial score (nSPS) is 21.9. The summed E-state index contributed by atoms with van der Waals surface area (Å²) in [5.74, 6) is 0.0472. The molecule has 1 N–H and O–H groups in total. The molecule has 1 amide bonds. The Kier molecular flexibility index (Phi) is 4.74. The zero-order valence-electron chi connectivity index (χ0n) is 10.5. The molecule has 0 bridgehead atoms. The number of aliphatic hydroxyl groups is 1. The van der Waals surface area contributed by atoms with Crippen LogP contribution in [0.4, 0.5) is 0 Å². The highest BCUT2D eigenvalue weighted by molar-refractivity contribution is 5.77. The predicted molar refractivity (Wildman–Crippen MR) is 62.1 cm³/mol. The number of amides is 1. The standard InChI is InChI=1S/C12H23NO3/c1-12(2,9-14)13(3)11(15)8-10-6-4-5-7-16-10/h10,14H,4-9H2,1-3H3. The van der Waals surface area contributed by atoms with Crippen molar-refractivity contribution in [2.75, 3.05) is 20.3 Å². The van der Waals surface area contributed by atoms with Gasteiger partial charge in [-0.15, -0.1) is 0 Å². The van der Waals surface area contributed by atoms with E-state index in [1.54, 1.807) is 11.9 Å². The van der Waals surface area contributed by atoms with Crippen LogP contribution in [-0.4, -0.2) is 47.8 Å².